The van der Waals surface area contributed by atoms with Gasteiger partial charge in [0, 0.05) is 0 Å². The second kappa shape index (κ2) is 32.9. The minimum Gasteiger partial charge on any atom is -0.469 e. The van der Waals surface area contributed by atoms with Crippen molar-refractivity contribution in [1.29, 1.82) is 0 Å². The summed E-state index contributed by atoms with van der Waals surface area (Å²) in [6.45, 7) is 4.56. The summed E-state index contributed by atoms with van der Waals surface area (Å²) in [6.07, 6.45) is 39.8. The highest BCUT2D eigenvalue weighted by Crippen LogP contribution is 2.22. The summed E-state index contributed by atoms with van der Waals surface area (Å²) in [5.41, 5.74) is 0. The molecular formula is C37H74O3. The lowest BCUT2D eigenvalue weighted by molar-refractivity contribution is -0.150. The average Bonchev–Trinajstić information content (AvgIpc) is 2.96. The van der Waals surface area contributed by atoms with E-state index in [1.165, 1.54) is 174 Å². The van der Waals surface area contributed by atoms with Crippen molar-refractivity contribution in [3.8, 4) is 0 Å². The van der Waals surface area contributed by atoms with E-state index in [1.807, 2.05) is 0 Å². The quantitative estimate of drug-likeness (QED) is 0.0634. The number of hydrogen-bond acceptors (Lipinski definition) is 3. The van der Waals surface area contributed by atoms with E-state index in [1.54, 1.807) is 0 Å². The first-order chi connectivity index (χ1) is 19.7. The number of carbonyl (C=O) groups is 1. The van der Waals surface area contributed by atoms with Gasteiger partial charge in [0.25, 0.3) is 0 Å². The average molecular weight is 567 g/mol. The van der Waals surface area contributed by atoms with Gasteiger partial charge in [-0.25, -0.2) is 0 Å². The first-order valence-electron chi connectivity index (χ1n) is 18.4. The van der Waals surface area contributed by atoms with Gasteiger partial charge in [0.15, 0.2) is 0 Å². The number of hydrogen-bond donors (Lipinski definition) is 1. The lowest BCUT2D eigenvalue weighted by Gasteiger charge is -2.20. The van der Waals surface area contributed by atoms with E-state index in [-0.39, 0.29) is 11.9 Å². The Kier molecular flexibility index (Phi) is 32.5. The molecule has 2 unspecified atom stereocenters. The maximum atomic E-state index is 12.3. The van der Waals surface area contributed by atoms with Crippen LogP contribution in [0.4, 0.5) is 0 Å². The number of carbonyl (C=O) groups excluding carboxylic acids is 1. The van der Waals surface area contributed by atoms with Gasteiger partial charge in [-0.15, -0.1) is 0 Å². The number of methoxy groups -OCH3 is 1. The van der Waals surface area contributed by atoms with Crippen molar-refractivity contribution in [3.05, 3.63) is 0 Å². The van der Waals surface area contributed by atoms with E-state index >= 15 is 0 Å². The molecule has 240 valence electrons. The molecule has 0 aromatic rings. The number of unbranched alkanes of at least 4 members (excludes halogenated alkanes) is 27. The Morgan fingerprint density at radius 3 is 0.975 bits per heavy atom. The van der Waals surface area contributed by atoms with Crippen LogP contribution in [0.2, 0.25) is 0 Å². The van der Waals surface area contributed by atoms with Crippen molar-refractivity contribution >= 4 is 5.97 Å². The molecule has 0 aromatic carbocycles. The van der Waals surface area contributed by atoms with Crippen LogP contribution in [0.25, 0.3) is 0 Å². The zero-order valence-corrected chi connectivity index (χ0v) is 27.8. The minimum absolute atomic E-state index is 0.219. The van der Waals surface area contributed by atoms with Crippen molar-refractivity contribution in [1.82, 2.24) is 0 Å². The molecule has 0 heterocycles. The molecule has 0 spiro atoms. The second-order valence-electron chi connectivity index (χ2n) is 12.8. The smallest absolute Gasteiger partial charge is 0.311 e. The van der Waals surface area contributed by atoms with E-state index < -0.39 is 6.10 Å². The lowest BCUT2D eigenvalue weighted by atomic mass is 9.91. The SMILES string of the molecule is CCCCCCCCCCCCCCCCCC(O)C(CCCCCCCCCCCCCCCC)C(=O)OC. The largest absolute Gasteiger partial charge is 0.469 e. The fraction of sp³-hybridized carbons (Fsp3) is 0.973. The highest BCUT2D eigenvalue weighted by molar-refractivity contribution is 5.72. The number of esters is 1. The topological polar surface area (TPSA) is 46.5 Å². The molecule has 0 aliphatic heterocycles. The van der Waals surface area contributed by atoms with Crippen LogP contribution in [0.15, 0.2) is 0 Å². The fourth-order valence-electron chi connectivity index (χ4n) is 6.10. The Bertz CT molecular complexity index is 492. The maximum absolute atomic E-state index is 12.3. The molecule has 2 atom stereocenters. The molecule has 0 saturated heterocycles. The first kappa shape index (κ1) is 39.4. The molecule has 0 rings (SSSR count). The summed E-state index contributed by atoms with van der Waals surface area (Å²) in [5.74, 6) is -0.558. The minimum atomic E-state index is -0.545. The van der Waals surface area contributed by atoms with Gasteiger partial charge >= 0.3 is 5.97 Å². The van der Waals surface area contributed by atoms with Gasteiger partial charge in [0.1, 0.15) is 0 Å². The van der Waals surface area contributed by atoms with Crippen molar-refractivity contribution in [2.45, 2.75) is 219 Å². The third kappa shape index (κ3) is 27.6. The molecule has 0 aromatic heterocycles. The Balaban J connectivity index is 3.64. The van der Waals surface area contributed by atoms with Crippen LogP contribution in [-0.2, 0) is 9.53 Å². The maximum Gasteiger partial charge on any atom is 0.311 e. The molecule has 0 radical (unpaired) electrons. The lowest BCUT2D eigenvalue weighted by Crippen LogP contribution is -2.29. The van der Waals surface area contributed by atoms with Gasteiger partial charge in [-0.3, -0.25) is 4.79 Å². The van der Waals surface area contributed by atoms with Crippen LogP contribution in [0, 0.1) is 5.92 Å². The number of aliphatic hydroxyl groups excluding tert-OH is 1. The van der Waals surface area contributed by atoms with Crippen LogP contribution in [0.3, 0.4) is 0 Å². The molecule has 0 bridgehead atoms. The van der Waals surface area contributed by atoms with Gasteiger partial charge < -0.3 is 9.84 Å². The Labute approximate surface area is 252 Å². The summed E-state index contributed by atoms with van der Waals surface area (Å²) in [4.78, 5) is 12.3. The zero-order chi connectivity index (χ0) is 29.4. The summed E-state index contributed by atoms with van der Waals surface area (Å²) < 4.78 is 5.03. The van der Waals surface area contributed by atoms with Crippen LogP contribution in [-0.4, -0.2) is 24.3 Å². The van der Waals surface area contributed by atoms with E-state index in [0.717, 1.165) is 32.1 Å². The molecule has 0 saturated carbocycles. The molecule has 0 aliphatic rings. The standard InChI is InChI=1S/C37H74O3/c1-4-6-8-10-12-14-16-18-20-22-24-26-28-30-32-34-36(38)35(37(39)40-3)33-31-29-27-25-23-21-19-17-15-13-11-9-7-5-2/h35-36,38H,4-34H2,1-3H3. The Hall–Kier alpha value is -0.570. The van der Waals surface area contributed by atoms with Crippen LogP contribution >= 0.6 is 0 Å². The Morgan fingerprint density at radius 1 is 0.450 bits per heavy atom. The molecule has 0 amide bonds. The number of aliphatic hydroxyl groups is 1. The normalized spacial score (nSPS) is 13.0. The molecule has 3 heteroatoms. The molecule has 0 fully saturated rings. The predicted octanol–water partition coefficient (Wildman–Crippen LogP) is 12.3. The fourth-order valence-corrected chi connectivity index (χ4v) is 6.10. The zero-order valence-electron chi connectivity index (χ0n) is 27.8. The molecule has 40 heavy (non-hydrogen) atoms. The van der Waals surface area contributed by atoms with Crippen molar-refractivity contribution in [3.63, 3.8) is 0 Å². The first-order valence-corrected chi connectivity index (χ1v) is 18.4. The molecular weight excluding hydrogens is 492 g/mol. The predicted molar refractivity (Wildman–Crippen MR) is 176 cm³/mol. The van der Waals surface area contributed by atoms with Gasteiger partial charge in [-0.05, 0) is 12.8 Å². The van der Waals surface area contributed by atoms with Crippen LogP contribution in [0.5, 0.6) is 0 Å². The molecule has 0 aliphatic carbocycles. The van der Waals surface area contributed by atoms with Crippen LogP contribution < -0.4 is 0 Å². The molecule has 3 nitrogen and oxygen atoms in total. The summed E-state index contributed by atoms with van der Waals surface area (Å²) in [5, 5.41) is 10.7. The highest BCUT2D eigenvalue weighted by atomic mass is 16.5. The summed E-state index contributed by atoms with van der Waals surface area (Å²) in [7, 11) is 1.46. The van der Waals surface area contributed by atoms with Gasteiger partial charge in [-0.1, -0.05) is 200 Å². The second-order valence-corrected chi connectivity index (χ2v) is 12.8. The summed E-state index contributed by atoms with van der Waals surface area (Å²) in [6, 6.07) is 0. The van der Waals surface area contributed by atoms with Gasteiger partial charge in [0.2, 0.25) is 0 Å². The number of rotatable bonds is 33. The number of ether oxygens (including phenoxy) is 1. The van der Waals surface area contributed by atoms with Crippen molar-refractivity contribution in [2.24, 2.45) is 5.92 Å². The third-order valence-corrected chi connectivity index (χ3v) is 8.94. The van der Waals surface area contributed by atoms with Crippen LogP contribution in [0.1, 0.15) is 213 Å². The van der Waals surface area contributed by atoms with E-state index in [0.29, 0.717) is 0 Å². The van der Waals surface area contributed by atoms with Gasteiger partial charge in [-0.2, -0.15) is 0 Å². The van der Waals surface area contributed by atoms with E-state index in [4.69, 9.17) is 4.74 Å². The van der Waals surface area contributed by atoms with Crippen molar-refractivity contribution < 1.29 is 14.6 Å². The summed E-state index contributed by atoms with van der Waals surface area (Å²) >= 11 is 0. The Morgan fingerprint density at radius 2 is 0.700 bits per heavy atom. The molecule has 1 N–H and O–H groups in total. The third-order valence-electron chi connectivity index (χ3n) is 8.94. The highest BCUT2D eigenvalue weighted by Gasteiger charge is 2.26. The van der Waals surface area contributed by atoms with Crippen molar-refractivity contribution in [2.75, 3.05) is 7.11 Å². The monoisotopic (exact) mass is 567 g/mol. The van der Waals surface area contributed by atoms with E-state index in [9.17, 15) is 9.90 Å². The van der Waals surface area contributed by atoms with E-state index in [2.05, 4.69) is 13.8 Å². The van der Waals surface area contributed by atoms with Gasteiger partial charge in [0.05, 0.1) is 19.1 Å².